The van der Waals surface area contributed by atoms with Crippen molar-refractivity contribution in [3.05, 3.63) is 71.3 Å². The third kappa shape index (κ3) is 8.58. The van der Waals surface area contributed by atoms with Crippen LogP contribution >= 0.6 is 0 Å². The highest BCUT2D eigenvalue weighted by Crippen LogP contribution is 2.34. The molecular formula is C28H36O5Si. The van der Waals surface area contributed by atoms with Crippen LogP contribution in [0.15, 0.2) is 54.6 Å². The number of hydrogen-bond donors (Lipinski definition) is 1. The van der Waals surface area contributed by atoms with Crippen LogP contribution < -0.4 is 4.74 Å². The number of esters is 1. The molecule has 2 aromatic rings. The molecule has 0 aliphatic heterocycles. The molecule has 0 radical (unpaired) electrons. The zero-order valence-electron chi connectivity index (χ0n) is 20.5. The summed E-state index contributed by atoms with van der Waals surface area (Å²) < 4.78 is 11.6. The number of rotatable bonds is 10. The second-order valence-corrected chi connectivity index (χ2v) is 15.9. The van der Waals surface area contributed by atoms with Crippen LogP contribution in [0.4, 0.5) is 0 Å². The number of hydrogen-bond acceptors (Lipinski definition) is 4. The first-order chi connectivity index (χ1) is 16.2. The van der Waals surface area contributed by atoms with E-state index in [1.807, 2.05) is 24.3 Å². The summed E-state index contributed by atoms with van der Waals surface area (Å²) in [5, 5.41) is 8.69. The van der Waals surface area contributed by atoms with E-state index in [0.29, 0.717) is 23.3 Å². The summed E-state index contributed by atoms with van der Waals surface area (Å²) >= 11 is 0. The number of benzene rings is 2. The van der Waals surface area contributed by atoms with E-state index in [9.17, 15) is 9.59 Å². The van der Waals surface area contributed by atoms with E-state index in [4.69, 9.17) is 14.6 Å². The predicted octanol–water partition coefficient (Wildman–Crippen LogP) is 6.77. The van der Waals surface area contributed by atoms with Crippen LogP contribution in [0, 0.1) is 0 Å². The lowest BCUT2D eigenvalue weighted by atomic mass is 9.82. The summed E-state index contributed by atoms with van der Waals surface area (Å²) in [5.74, 6) is -0.480. The molecule has 0 heterocycles. The quantitative estimate of drug-likeness (QED) is 0.133. The number of carbonyl (C=O) groups is 2. The highest BCUT2D eigenvalue weighted by atomic mass is 28.3. The first-order valence-corrected chi connectivity index (χ1v) is 15.9. The van der Waals surface area contributed by atoms with Crippen molar-refractivity contribution in [1.29, 1.82) is 0 Å². The summed E-state index contributed by atoms with van der Waals surface area (Å²) in [4.78, 5) is 23.1. The second kappa shape index (κ2) is 12.1. The first kappa shape index (κ1) is 25.9. The maximum absolute atomic E-state index is 12.5. The van der Waals surface area contributed by atoms with Gasteiger partial charge in [-0.15, -0.1) is 0 Å². The average Bonchev–Trinajstić information content (AvgIpc) is 2.81. The molecule has 1 aliphatic rings. The Morgan fingerprint density at radius 1 is 0.971 bits per heavy atom. The number of ether oxygens (including phenoxy) is 2. The van der Waals surface area contributed by atoms with Crippen LogP contribution in [0.2, 0.25) is 25.7 Å². The molecule has 0 bridgehead atoms. The van der Waals surface area contributed by atoms with Gasteiger partial charge in [-0.2, -0.15) is 0 Å². The van der Waals surface area contributed by atoms with Gasteiger partial charge in [-0.1, -0.05) is 50.0 Å². The molecule has 1 aliphatic carbocycles. The Labute approximate surface area is 203 Å². The molecule has 0 atom stereocenters. The van der Waals surface area contributed by atoms with Crippen molar-refractivity contribution < 1.29 is 24.2 Å². The highest BCUT2D eigenvalue weighted by molar-refractivity contribution is 6.76. The van der Waals surface area contributed by atoms with E-state index in [-0.39, 0.29) is 0 Å². The molecule has 1 N–H and O–H groups in total. The van der Waals surface area contributed by atoms with E-state index in [1.165, 1.54) is 24.1 Å². The van der Waals surface area contributed by atoms with E-state index in [0.717, 1.165) is 43.9 Å². The SMILES string of the molecule is C[Si](C)(C)CCCOC1CCC(c2ccc(C(=O)Oc3ccc(/C=C/C(=O)O)cc3)cc2)CC1. The van der Waals surface area contributed by atoms with Gasteiger partial charge in [0.25, 0.3) is 0 Å². The van der Waals surface area contributed by atoms with Crippen LogP contribution in [0.3, 0.4) is 0 Å². The molecular weight excluding hydrogens is 444 g/mol. The molecule has 2 aromatic carbocycles. The van der Waals surface area contributed by atoms with Crippen LogP contribution in [0.1, 0.15) is 59.5 Å². The van der Waals surface area contributed by atoms with E-state index in [1.54, 1.807) is 24.3 Å². The molecule has 0 spiro atoms. The Morgan fingerprint density at radius 2 is 1.62 bits per heavy atom. The maximum Gasteiger partial charge on any atom is 0.343 e. The Kier molecular flexibility index (Phi) is 9.25. The molecule has 182 valence electrons. The van der Waals surface area contributed by atoms with Gasteiger partial charge in [0.05, 0.1) is 11.7 Å². The Morgan fingerprint density at radius 3 is 2.21 bits per heavy atom. The molecule has 1 fully saturated rings. The fourth-order valence-electron chi connectivity index (χ4n) is 4.29. The van der Waals surface area contributed by atoms with Crippen LogP contribution in [0.5, 0.6) is 5.75 Å². The fourth-order valence-corrected chi connectivity index (χ4v) is 5.49. The summed E-state index contributed by atoms with van der Waals surface area (Å²) in [7, 11) is -0.976. The lowest BCUT2D eigenvalue weighted by molar-refractivity contribution is -0.131. The zero-order chi connectivity index (χ0) is 24.6. The minimum atomic E-state index is -1.01. The summed E-state index contributed by atoms with van der Waals surface area (Å²) in [6.07, 6.45) is 8.55. The molecule has 0 saturated heterocycles. The van der Waals surface area contributed by atoms with Gasteiger partial charge in [-0.3, -0.25) is 0 Å². The van der Waals surface area contributed by atoms with Gasteiger partial charge in [0.2, 0.25) is 0 Å². The molecule has 1 saturated carbocycles. The van der Waals surface area contributed by atoms with Crippen molar-refractivity contribution in [3.63, 3.8) is 0 Å². The second-order valence-electron chi connectivity index (χ2n) is 10.3. The lowest BCUT2D eigenvalue weighted by Gasteiger charge is -2.29. The van der Waals surface area contributed by atoms with Crippen molar-refractivity contribution in [2.45, 2.75) is 69.8 Å². The first-order valence-electron chi connectivity index (χ1n) is 12.1. The smallest absolute Gasteiger partial charge is 0.343 e. The van der Waals surface area contributed by atoms with Crippen molar-refractivity contribution in [1.82, 2.24) is 0 Å². The van der Waals surface area contributed by atoms with Gasteiger partial charge < -0.3 is 14.6 Å². The van der Waals surface area contributed by atoms with Gasteiger partial charge in [0.1, 0.15) is 5.75 Å². The Bertz CT molecular complexity index is 965. The zero-order valence-corrected chi connectivity index (χ0v) is 21.5. The Hall–Kier alpha value is -2.70. The Balaban J connectivity index is 1.45. The third-order valence-electron chi connectivity index (χ3n) is 6.23. The van der Waals surface area contributed by atoms with Crippen molar-refractivity contribution in [2.75, 3.05) is 6.61 Å². The fraction of sp³-hybridized carbons (Fsp3) is 0.429. The number of carbonyl (C=O) groups excluding carboxylic acids is 1. The van der Waals surface area contributed by atoms with Crippen LogP contribution in [-0.2, 0) is 9.53 Å². The highest BCUT2D eigenvalue weighted by Gasteiger charge is 2.23. The monoisotopic (exact) mass is 480 g/mol. The van der Waals surface area contributed by atoms with Gasteiger partial charge in [-0.05, 0) is 79.5 Å². The van der Waals surface area contributed by atoms with Crippen molar-refractivity contribution in [3.8, 4) is 5.75 Å². The van der Waals surface area contributed by atoms with Crippen LogP contribution in [0.25, 0.3) is 6.08 Å². The van der Waals surface area contributed by atoms with Gasteiger partial charge in [0, 0.05) is 20.8 Å². The van der Waals surface area contributed by atoms with Gasteiger partial charge in [0.15, 0.2) is 0 Å². The van der Waals surface area contributed by atoms with E-state index < -0.39 is 20.0 Å². The molecule has 0 aromatic heterocycles. The summed E-state index contributed by atoms with van der Waals surface area (Å²) in [6, 6.07) is 15.8. The largest absolute Gasteiger partial charge is 0.478 e. The standard InChI is InChI=1S/C28H36O5Si/c1-34(2,3)20-4-19-32-25-16-12-23(13-17-25)22-8-10-24(11-9-22)28(31)33-26-14-5-21(6-15-26)7-18-27(29)30/h5-11,14-15,18,23,25H,4,12-13,16-17,19-20H2,1-3H3,(H,29,30)/b18-7+. The number of carboxylic acid groups (broad SMARTS) is 1. The average molecular weight is 481 g/mol. The number of carboxylic acids is 1. The molecule has 34 heavy (non-hydrogen) atoms. The van der Waals surface area contributed by atoms with Gasteiger partial charge >= 0.3 is 11.9 Å². The van der Waals surface area contributed by atoms with Crippen molar-refractivity contribution >= 4 is 26.1 Å². The molecule has 5 nitrogen and oxygen atoms in total. The van der Waals surface area contributed by atoms with E-state index >= 15 is 0 Å². The topological polar surface area (TPSA) is 72.8 Å². The lowest BCUT2D eigenvalue weighted by Crippen LogP contribution is -2.23. The summed E-state index contributed by atoms with van der Waals surface area (Å²) in [5.41, 5.74) is 2.50. The molecule has 0 unspecified atom stereocenters. The van der Waals surface area contributed by atoms with Gasteiger partial charge in [-0.25, -0.2) is 9.59 Å². The molecule has 6 heteroatoms. The van der Waals surface area contributed by atoms with E-state index in [2.05, 4.69) is 19.6 Å². The number of aliphatic carboxylic acids is 1. The molecule has 3 rings (SSSR count). The normalized spacial score (nSPS) is 18.7. The van der Waals surface area contributed by atoms with Crippen LogP contribution in [-0.4, -0.2) is 37.8 Å². The third-order valence-corrected chi connectivity index (χ3v) is 8.08. The minimum Gasteiger partial charge on any atom is -0.478 e. The minimum absolute atomic E-state index is 0.387. The predicted molar refractivity (Wildman–Crippen MR) is 138 cm³/mol. The summed E-state index contributed by atoms with van der Waals surface area (Å²) in [6.45, 7) is 8.11. The maximum atomic E-state index is 12.5. The van der Waals surface area contributed by atoms with Crippen molar-refractivity contribution in [2.24, 2.45) is 0 Å². The molecule has 0 amide bonds.